The van der Waals surface area contributed by atoms with Crippen molar-refractivity contribution in [3.05, 3.63) is 18.1 Å². The van der Waals surface area contributed by atoms with E-state index in [9.17, 15) is 8.42 Å². The second-order valence-corrected chi connectivity index (χ2v) is 7.95. The smallest absolute Gasteiger partial charge is 0.152 e. The largest absolute Gasteiger partial charge is 0.355 e. The molecule has 1 aliphatic rings. The zero-order valence-corrected chi connectivity index (χ0v) is 13.2. The molecule has 1 atom stereocenters. The van der Waals surface area contributed by atoms with Gasteiger partial charge in [-0.25, -0.2) is 18.4 Å². The van der Waals surface area contributed by atoms with Gasteiger partial charge >= 0.3 is 0 Å². The molecule has 0 saturated carbocycles. The molecule has 1 saturated heterocycles. The second kappa shape index (κ2) is 5.29. The van der Waals surface area contributed by atoms with Crippen LogP contribution in [0, 0.1) is 0 Å². The van der Waals surface area contributed by atoms with Crippen LogP contribution in [0.25, 0.3) is 11.0 Å². The van der Waals surface area contributed by atoms with Crippen molar-refractivity contribution in [2.45, 2.75) is 31.4 Å². The Morgan fingerprint density at radius 2 is 2.24 bits per heavy atom. The van der Waals surface area contributed by atoms with Crippen molar-refractivity contribution in [2.24, 2.45) is 0 Å². The number of aryl methyl sites for hydroxylation is 1. The number of piperidine rings is 1. The zero-order chi connectivity index (χ0) is 15.0. The summed E-state index contributed by atoms with van der Waals surface area (Å²) in [6.07, 6.45) is 7.32. The summed E-state index contributed by atoms with van der Waals surface area (Å²) in [7, 11) is -3.02. The molecule has 0 aliphatic carbocycles. The predicted octanol–water partition coefficient (Wildman–Crippen LogP) is 1.53. The van der Waals surface area contributed by atoms with Gasteiger partial charge in [-0.2, -0.15) is 0 Å². The van der Waals surface area contributed by atoms with E-state index in [4.69, 9.17) is 0 Å². The molecule has 6 nitrogen and oxygen atoms in total. The number of rotatable bonds is 3. The lowest BCUT2D eigenvalue weighted by Gasteiger charge is -2.33. The molecule has 0 spiro atoms. The fraction of sp³-hybridized carbons (Fsp3) is 0.571. The van der Waals surface area contributed by atoms with Crippen molar-refractivity contribution in [2.75, 3.05) is 24.2 Å². The third-order valence-corrected chi connectivity index (χ3v) is 5.79. The highest BCUT2D eigenvalue weighted by Gasteiger charge is 2.29. The van der Waals surface area contributed by atoms with Gasteiger partial charge in [0.05, 0.1) is 10.6 Å². The molecule has 1 aliphatic heterocycles. The lowest BCUT2D eigenvalue weighted by molar-refractivity contribution is 0.534. The van der Waals surface area contributed by atoms with Crippen molar-refractivity contribution < 1.29 is 8.42 Å². The monoisotopic (exact) mass is 308 g/mol. The van der Waals surface area contributed by atoms with E-state index in [0.717, 1.165) is 42.7 Å². The zero-order valence-electron chi connectivity index (χ0n) is 12.3. The Bertz CT molecular complexity index is 753. The first-order valence-electron chi connectivity index (χ1n) is 7.25. The molecular formula is C14H20N4O2S. The molecule has 1 N–H and O–H groups in total. The van der Waals surface area contributed by atoms with Crippen LogP contribution >= 0.6 is 0 Å². The van der Waals surface area contributed by atoms with Crippen LogP contribution in [0.2, 0.25) is 0 Å². The van der Waals surface area contributed by atoms with Crippen LogP contribution in [0.4, 0.5) is 5.82 Å². The summed E-state index contributed by atoms with van der Waals surface area (Å²) in [4.78, 5) is 13.9. The van der Waals surface area contributed by atoms with Gasteiger partial charge in [-0.1, -0.05) is 6.92 Å². The minimum Gasteiger partial charge on any atom is -0.355 e. The van der Waals surface area contributed by atoms with E-state index in [-0.39, 0.29) is 5.25 Å². The standard InChI is InChI=1S/C14H20N4O2S/c1-3-10-7-15-13-12(10)14(17-9-16-13)18-6-4-5-11(8-18)21(2,19)20/h7,9,11H,3-6,8H2,1-2H3,(H,15,16,17)/t11-/m0/s1. The van der Waals surface area contributed by atoms with E-state index < -0.39 is 9.84 Å². The van der Waals surface area contributed by atoms with E-state index in [1.807, 2.05) is 6.20 Å². The normalized spacial score (nSPS) is 20.1. The van der Waals surface area contributed by atoms with Crippen molar-refractivity contribution in [1.82, 2.24) is 15.0 Å². The van der Waals surface area contributed by atoms with Crippen LogP contribution in [0.3, 0.4) is 0 Å². The first-order chi connectivity index (χ1) is 10.0. The summed E-state index contributed by atoms with van der Waals surface area (Å²) in [6, 6.07) is 0. The maximum absolute atomic E-state index is 11.8. The Morgan fingerprint density at radius 1 is 1.43 bits per heavy atom. The average Bonchev–Trinajstić information content (AvgIpc) is 2.89. The number of aromatic nitrogens is 3. The van der Waals surface area contributed by atoms with E-state index in [2.05, 4.69) is 26.8 Å². The number of anilines is 1. The van der Waals surface area contributed by atoms with Crippen molar-refractivity contribution >= 4 is 26.7 Å². The molecule has 21 heavy (non-hydrogen) atoms. The number of hydrogen-bond acceptors (Lipinski definition) is 5. The number of fused-ring (bicyclic) bond motifs is 1. The van der Waals surface area contributed by atoms with Gasteiger partial charge in [-0.3, -0.25) is 0 Å². The summed E-state index contributed by atoms with van der Waals surface area (Å²) < 4.78 is 23.7. The minimum atomic E-state index is -3.02. The fourth-order valence-electron chi connectivity index (χ4n) is 3.01. The van der Waals surface area contributed by atoms with Crippen molar-refractivity contribution in [3.8, 4) is 0 Å². The van der Waals surface area contributed by atoms with Crippen LogP contribution < -0.4 is 4.90 Å². The highest BCUT2D eigenvalue weighted by molar-refractivity contribution is 7.91. The van der Waals surface area contributed by atoms with Gasteiger partial charge in [0.1, 0.15) is 17.8 Å². The van der Waals surface area contributed by atoms with Gasteiger partial charge in [-0.05, 0) is 24.8 Å². The molecule has 0 radical (unpaired) electrons. The lowest BCUT2D eigenvalue weighted by atomic mass is 10.1. The number of nitrogens with zero attached hydrogens (tertiary/aromatic N) is 3. The number of nitrogens with one attached hydrogen (secondary N) is 1. The number of sulfone groups is 1. The van der Waals surface area contributed by atoms with E-state index in [1.165, 1.54) is 18.1 Å². The Hall–Kier alpha value is -1.63. The molecule has 2 aromatic rings. The molecule has 0 amide bonds. The third kappa shape index (κ3) is 2.62. The molecule has 3 heterocycles. The second-order valence-electron chi connectivity index (χ2n) is 5.63. The number of aromatic amines is 1. The van der Waals surface area contributed by atoms with Crippen LogP contribution in [0.5, 0.6) is 0 Å². The Balaban J connectivity index is 2.02. The molecule has 7 heteroatoms. The van der Waals surface area contributed by atoms with Crippen molar-refractivity contribution in [3.63, 3.8) is 0 Å². The molecule has 0 aromatic carbocycles. The lowest BCUT2D eigenvalue weighted by Crippen LogP contribution is -2.42. The summed E-state index contributed by atoms with van der Waals surface area (Å²) >= 11 is 0. The molecule has 0 unspecified atom stereocenters. The van der Waals surface area contributed by atoms with Gasteiger partial charge in [0, 0.05) is 25.5 Å². The highest BCUT2D eigenvalue weighted by Crippen LogP contribution is 2.29. The van der Waals surface area contributed by atoms with Gasteiger partial charge in [0.25, 0.3) is 0 Å². The Labute approximate surface area is 124 Å². The molecular weight excluding hydrogens is 288 g/mol. The fourth-order valence-corrected chi connectivity index (χ4v) is 4.05. The summed E-state index contributed by atoms with van der Waals surface area (Å²) in [5.74, 6) is 0.853. The predicted molar refractivity (Wildman–Crippen MR) is 83.3 cm³/mol. The minimum absolute atomic E-state index is 0.305. The summed E-state index contributed by atoms with van der Waals surface area (Å²) in [5, 5.41) is 0.717. The average molecular weight is 308 g/mol. The quantitative estimate of drug-likeness (QED) is 0.930. The molecule has 114 valence electrons. The maximum Gasteiger partial charge on any atom is 0.152 e. The van der Waals surface area contributed by atoms with Crippen molar-refractivity contribution in [1.29, 1.82) is 0 Å². The molecule has 2 aromatic heterocycles. The first kappa shape index (κ1) is 14.3. The summed E-state index contributed by atoms with van der Waals surface area (Å²) in [6.45, 7) is 3.45. The topological polar surface area (TPSA) is 79.0 Å². The Morgan fingerprint density at radius 3 is 2.95 bits per heavy atom. The van der Waals surface area contributed by atoms with E-state index in [1.54, 1.807) is 0 Å². The third-order valence-electron chi connectivity index (χ3n) is 4.20. The van der Waals surface area contributed by atoms with E-state index in [0.29, 0.717) is 6.54 Å². The van der Waals surface area contributed by atoms with Gasteiger partial charge in [0.15, 0.2) is 9.84 Å². The number of hydrogen-bond donors (Lipinski definition) is 1. The van der Waals surface area contributed by atoms with Gasteiger partial charge in [0.2, 0.25) is 0 Å². The molecule has 0 bridgehead atoms. The van der Waals surface area contributed by atoms with Gasteiger partial charge < -0.3 is 9.88 Å². The summed E-state index contributed by atoms with van der Waals surface area (Å²) in [5.41, 5.74) is 1.99. The first-order valence-corrected chi connectivity index (χ1v) is 9.21. The Kier molecular flexibility index (Phi) is 3.61. The van der Waals surface area contributed by atoms with Crippen LogP contribution in [0.1, 0.15) is 25.3 Å². The number of H-pyrrole nitrogens is 1. The molecule has 3 rings (SSSR count). The van der Waals surface area contributed by atoms with Crippen LogP contribution in [-0.4, -0.2) is 48.0 Å². The maximum atomic E-state index is 11.8. The SMILES string of the molecule is CCc1c[nH]c2ncnc(N3CCC[C@H](S(C)(=O)=O)C3)c12. The van der Waals surface area contributed by atoms with Crippen LogP contribution in [0.15, 0.2) is 12.5 Å². The highest BCUT2D eigenvalue weighted by atomic mass is 32.2. The van der Waals surface area contributed by atoms with Crippen LogP contribution in [-0.2, 0) is 16.3 Å². The molecule has 1 fully saturated rings. The van der Waals surface area contributed by atoms with E-state index >= 15 is 0 Å². The van der Waals surface area contributed by atoms with Gasteiger partial charge in [-0.15, -0.1) is 0 Å².